The van der Waals surface area contributed by atoms with Crippen LogP contribution in [0.4, 0.5) is 17.5 Å². The van der Waals surface area contributed by atoms with E-state index in [1.165, 1.54) is 0 Å². The van der Waals surface area contributed by atoms with Crippen molar-refractivity contribution in [1.29, 1.82) is 0 Å². The summed E-state index contributed by atoms with van der Waals surface area (Å²) >= 11 is 0. The number of hydrogen-bond acceptors (Lipinski definition) is 7. The van der Waals surface area contributed by atoms with E-state index in [1.807, 2.05) is 12.1 Å². The van der Waals surface area contributed by atoms with Crippen molar-refractivity contribution in [2.75, 3.05) is 25.3 Å². The quantitative estimate of drug-likeness (QED) is 0.669. The molecule has 8 nitrogen and oxygen atoms in total. The number of aromatic amines is 1. The summed E-state index contributed by atoms with van der Waals surface area (Å²) in [5.74, 6) is 2.04. The Hall–Kier alpha value is -3.03. The van der Waals surface area contributed by atoms with E-state index in [1.54, 1.807) is 26.5 Å². The Morgan fingerprint density at radius 2 is 2.05 bits per heavy atom. The smallest absolute Gasteiger partial charge is 0.224 e. The standard InChI is InChI=1S/C13H14N6O2/c1-20-7-3-4-10(21-2)9(5-7)16-11-8-6-15-19-12(8)18-13(14)17-11/h3-6H,1-2H3,(H4,14,15,16,17,18,19). The maximum Gasteiger partial charge on any atom is 0.224 e. The van der Waals surface area contributed by atoms with E-state index >= 15 is 0 Å². The Morgan fingerprint density at radius 1 is 1.19 bits per heavy atom. The molecule has 108 valence electrons. The van der Waals surface area contributed by atoms with Gasteiger partial charge in [0, 0.05) is 6.07 Å². The highest BCUT2D eigenvalue weighted by atomic mass is 16.5. The van der Waals surface area contributed by atoms with E-state index in [-0.39, 0.29) is 5.95 Å². The summed E-state index contributed by atoms with van der Waals surface area (Å²) in [6.45, 7) is 0. The summed E-state index contributed by atoms with van der Waals surface area (Å²) in [6.07, 6.45) is 1.63. The lowest BCUT2D eigenvalue weighted by molar-refractivity contribution is 0.405. The van der Waals surface area contributed by atoms with E-state index in [9.17, 15) is 0 Å². The van der Waals surface area contributed by atoms with Crippen molar-refractivity contribution in [3.63, 3.8) is 0 Å². The zero-order valence-electron chi connectivity index (χ0n) is 11.5. The number of H-pyrrole nitrogens is 1. The third kappa shape index (κ3) is 2.38. The van der Waals surface area contributed by atoms with Gasteiger partial charge in [-0.1, -0.05) is 0 Å². The maximum atomic E-state index is 5.70. The number of nitrogens with one attached hydrogen (secondary N) is 2. The third-order valence-electron chi connectivity index (χ3n) is 2.99. The molecule has 0 aliphatic rings. The van der Waals surface area contributed by atoms with Gasteiger partial charge < -0.3 is 20.5 Å². The van der Waals surface area contributed by atoms with E-state index in [0.29, 0.717) is 28.7 Å². The lowest BCUT2D eigenvalue weighted by atomic mass is 10.2. The molecule has 0 aliphatic heterocycles. The number of aromatic nitrogens is 4. The highest BCUT2D eigenvalue weighted by Crippen LogP contribution is 2.32. The van der Waals surface area contributed by atoms with Gasteiger partial charge in [0.1, 0.15) is 17.3 Å². The van der Waals surface area contributed by atoms with Gasteiger partial charge in [0.05, 0.1) is 31.5 Å². The zero-order chi connectivity index (χ0) is 14.8. The van der Waals surface area contributed by atoms with Gasteiger partial charge in [-0.25, -0.2) is 0 Å². The molecule has 0 atom stereocenters. The van der Waals surface area contributed by atoms with Crippen LogP contribution in [0.25, 0.3) is 11.0 Å². The fourth-order valence-corrected chi connectivity index (χ4v) is 1.99. The predicted molar refractivity (Wildman–Crippen MR) is 78.9 cm³/mol. The van der Waals surface area contributed by atoms with Crippen LogP contribution in [-0.4, -0.2) is 34.4 Å². The second kappa shape index (κ2) is 5.16. The Labute approximate surface area is 120 Å². The number of rotatable bonds is 4. The molecule has 0 amide bonds. The topological polar surface area (TPSA) is 111 Å². The first-order valence-corrected chi connectivity index (χ1v) is 6.17. The first kappa shape index (κ1) is 13.0. The molecule has 2 heterocycles. The molecule has 0 saturated heterocycles. The van der Waals surface area contributed by atoms with Gasteiger partial charge in [-0.05, 0) is 12.1 Å². The first-order chi connectivity index (χ1) is 10.2. The first-order valence-electron chi connectivity index (χ1n) is 6.17. The van der Waals surface area contributed by atoms with Gasteiger partial charge >= 0.3 is 0 Å². The number of hydrogen-bond donors (Lipinski definition) is 3. The summed E-state index contributed by atoms with van der Waals surface area (Å²) in [7, 11) is 3.19. The minimum atomic E-state index is 0.149. The van der Waals surface area contributed by atoms with Crippen LogP contribution in [-0.2, 0) is 0 Å². The highest BCUT2D eigenvalue weighted by Gasteiger charge is 2.11. The van der Waals surface area contributed by atoms with Crippen LogP contribution in [0.3, 0.4) is 0 Å². The Balaban J connectivity index is 2.07. The van der Waals surface area contributed by atoms with Gasteiger partial charge in [-0.15, -0.1) is 0 Å². The molecule has 0 radical (unpaired) electrons. The molecule has 0 bridgehead atoms. The van der Waals surface area contributed by atoms with Crippen molar-refractivity contribution in [2.24, 2.45) is 0 Å². The molecule has 8 heteroatoms. The largest absolute Gasteiger partial charge is 0.497 e. The third-order valence-corrected chi connectivity index (χ3v) is 2.99. The zero-order valence-corrected chi connectivity index (χ0v) is 11.5. The Bertz CT molecular complexity index is 785. The van der Waals surface area contributed by atoms with Gasteiger partial charge in [-0.3, -0.25) is 5.10 Å². The van der Waals surface area contributed by atoms with Crippen LogP contribution in [0.2, 0.25) is 0 Å². The normalized spacial score (nSPS) is 10.6. The average Bonchev–Trinajstić information content (AvgIpc) is 2.95. The molecule has 4 N–H and O–H groups in total. The fourth-order valence-electron chi connectivity index (χ4n) is 1.99. The number of methoxy groups -OCH3 is 2. The second-order valence-electron chi connectivity index (χ2n) is 4.25. The minimum Gasteiger partial charge on any atom is -0.497 e. The van der Waals surface area contributed by atoms with Crippen LogP contribution in [0.15, 0.2) is 24.4 Å². The molecule has 0 spiro atoms. The summed E-state index contributed by atoms with van der Waals surface area (Å²) in [5, 5.41) is 10.6. The van der Waals surface area contributed by atoms with Crippen molar-refractivity contribution in [3.8, 4) is 11.5 Å². The number of nitrogens with two attached hydrogens (primary N) is 1. The Kier molecular flexibility index (Phi) is 3.19. The molecule has 21 heavy (non-hydrogen) atoms. The second-order valence-corrected chi connectivity index (χ2v) is 4.25. The van der Waals surface area contributed by atoms with Gasteiger partial charge in [0.15, 0.2) is 5.65 Å². The van der Waals surface area contributed by atoms with Crippen LogP contribution < -0.4 is 20.5 Å². The predicted octanol–water partition coefficient (Wildman–Crippen LogP) is 1.70. The van der Waals surface area contributed by atoms with Crippen LogP contribution in [0.5, 0.6) is 11.5 Å². The highest BCUT2D eigenvalue weighted by molar-refractivity contribution is 5.89. The molecule has 0 unspecified atom stereocenters. The number of nitrogens with zero attached hydrogens (tertiary/aromatic N) is 3. The Morgan fingerprint density at radius 3 is 2.81 bits per heavy atom. The van der Waals surface area contributed by atoms with Crippen LogP contribution in [0.1, 0.15) is 0 Å². The molecule has 0 saturated carbocycles. The summed E-state index contributed by atoms with van der Waals surface area (Å²) in [5.41, 5.74) is 6.97. The van der Waals surface area contributed by atoms with Gasteiger partial charge in [-0.2, -0.15) is 15.1 Å². The molecular weight excluding hydrogens is 272 g/mol. The van der Waals surface area contributed by atoms with Gasteiger partial charge in [0.25, 0.3) is 0 Å². The van der Waals surface area contributed by atoms with Crippen molar-refractivity contribution < 1.29 is 9.47 Å². The number of ether oxygens (including phenoxy) is 2. The van der Waals surface area contributed by atoms with Crippen molar-refractivity contribution in [2.45, 2.75) is 0 Å². The molecule has 3 aromatic rings. The van der Waals surface area contributed by atoms with Crippen molar-refractivity contribution >= 4 is 28.5 Å². The molecular formula is C13H14N6O2. The van der Waals surface area contributed by atoms with E-state index in [4.69, 9.17) is 15.2 Å². The summed E-state index contributed by atoms with van der Waals surface area (Å²) < 4.78 is 10.5. The fraction of sp³-hybridized carbons (Fsp3) is 0.154. The summed E-state index contributed by atoms with van der Waals surface area (Å²) in [4.78, 5) is 8.27. The number of benzene rings is 1. The van der Waals surface area contributed by atoms with Crippen LogP contribution >= 0.6 is 0 Å². The molecule has 0 aliphatic carbocycles. The lowest BCUT2D eigenvalue weighted by Crippen LogP contribution is -2.02. The van der Waals surface area contributed by atoms with Crippen molar-refractivity contribution in [3.05, 3.63) is 24.4 Å². The van der Waals surface area contributed by atoms with E-state index in [0.717, 1.165) is 5.39 Å². The van der Waals surface area contributed by atoms with Gasteiger partial charge in [0.2, 0.25) is 5.95 Å². The summed E-state index contributed by atoms with van der Waals surface area (Å²) in [6, 6.07) is 5.42. The van der Waals surface area contributed by atoms with E-state index < -0.39 is 0 Å². The number of anilines is 3. The maximum absolute atomic E-state index is 5.70. The lowest BCUT2D eigenvalue weighted by Gasteiger charge is -2.12. The number of nitrogen functional groups attached to an aromatic ring is 1. The monoisotopic (exact) mass is 286 g/mol. The van der Waals surface area contributed by atoms with Crippen LogP contribution in [0, 0.1) is 0 Å². The SMILES string of the molecule is COc1ccc(OC)c(Nc2nc(N)nc3[nH]ncc23)c1. The molecule has 0 fully saturated rings. The molecule has 2 aromatic heterocycles. The average molecular weight is 286 g/mol. The molecule has 1 aromatic carbocycles. The minimum absolute atomic E-state index is 0.149. The van der Waals surface area contributed by atoms with Crippen molar-refractivity contribution in [1.82, 2.24) is 20.2 Å². The van der Waals surface area contributed by atoms with E-state index in [2.05, 4.69) is 25.5 Å². The number of fused-ring (bicyclic) bond motifs is 1. The molecule has 3 rings (SSSR count).